The predicted molar refractivity (Wildman–Crippen MR) is 224 cm³/mol. The van der Waals surface area contributed by atoms with Gasteiger partial charge in [-0.25, -0.2) is 0 Å². The second-order valence-electron chi connectivity index (χ2n) is 13.8. The summed E-state index contributed by atoms with van der Waals surface area (Å²) in [6.45, 7) is 6.53. The first kappa shape index (κ1) is 34.5. The lowest BCUT2D eigenvalue weighted by atomic mass is 9.87. The fourth-order valence-electron chi connectivity index (χ4n) is 7.35. The zero-order valence-corrected chi connectivity index (χ0v) is 30.5. The number of hydrogen-bond acceptors (Lipinski definition) is 1. The summed E-state index contributed by atoms with van der Waals surface area (Å²) in [5, 5.41) is 0. The van der Waals surface area contributed by atoms with Crippen LogP contribution in [0.3, 0.4) is 0 Å². The molecule has 1 nitrogen and oxygen atoms in total. The van der Waals surface area contributed by atoms with Crippen molar-refractivity contribution in [3.8, 4) is 33.4 Å². The van der Waals surface area contributed by atoms with Crippen LogP contribution in [0.25, 0.3) is 33.4 Å². The Bertz CT molecular complexity index is 2200. The molecule has 0 amide bonds. The van der Waals surface area contributed by atoms with Crippen molar-refractivity contribution in [3.05, 3.63) is 216 Å². The highest BCUT2D eigenvalue weighted by Gasteiger charge is 2.22. The molecule has 2 aliphatic carbocycles. The highest BCUT2D eigenvalue weighted by Crippen LogP contribution is 2.38. The van der Waals surface area contributed by atoms with E-state index in [2.05, 4.69) is 202 Å². The Morgan fingerprint density at radius 1 is 0.481 bits per heavy atom. The summed E-state index contributed by atoms with van der Waals surface area (Å²) in [7, 11) is 0. The summed E-state index contributed by atoms with van der Waals surface area (Å²) >= 11 is 0. The van der Waals surface area contributed by atoms with Gasteiger partial charge in [0, 0.05) is 17.3 Å². The third-order valence-electron chi connectivity index (χ3n) is 10.3. The maximum Gasteiger partial charge on any atom is 0.0560 e. The average Bonchev–Trinajstić information content (AvgIpc) is 3.21. The first-order valence-electron chi connectivity index (χ1n) is 18.5. The molecular formula is C51H47N. The molecule has 1 heteroatoms. The Balaban J connectivity index is 0.000000539. The van der Waals surface area contributed by atoms with Gasteiger partial charge in [-0.2, -0.15) is 0 Å². The fourth-order valence-corrected chi connectivity index (χ4v) is 7.35. The number of rotatable bonds is 7. The normalized spacial score (nSPS) is 16.1. The smallest absolute Gasteiger partial charge is 0.0560 e. The van der Waals surface area contributed by atoms with Gasteiger partial charge in [-0.3, -0.25) is 0 Å². The number of aryl methyl sites for hydroxylation is 2. The summed E-state index contributed by atoms with van der Waals surface area (Å²) in [6.07, 6.45) is 18.2. The standard InChI is InChI=1S/C44H39N.C7H8/c1-32-12-9-10-17-42(32)44-19-11-18-43(33(44)2)38-24-30-41(31-25-38)45(39-26-20-36(21-27-39)34-13-5-3-6-14-34)40-28-22-37(23-29-40)35-15-7-4-8-16-35;1-7-5-3-2-4-6-7/h3-15,17-28,30-31,35,40H,16,29H2,1-2H3;2-6H,1H3. The van der Waals surface area contributed by atoms with Gasteiger partial charge in [0.15, 0.2) is 0 Å². The van der Waals surface area contributed by atoms with Crippen molar-refractivity contribution in [3.63, 3.8) is 0 Å². The van der Waals surface area contributed by atoms with Gasteiger partial charge in [-0.1, -0.05) is 175 Å². The highest BCUT2D eigenvalue weighted by molar-refractivity contribution is 5.81. The number of hydrogen-bond donors (Lipinski definition) is 0. The summed E-state index contributed by atoms with van der Waals surface area (Å²) < 4.78 is 0. The number of nitrogens with zero attached hydrogens (tertiary/aromatic N) is 1. The van der Waals surface area contributed by atoms with Crippen LogP contribution < -0.4 is 4.90 Å². The van der Waals surface area contributed by atoms with E-state index in [0.29, 0.717) is 5.92 Å². The largest absolute Gasteiger partial charge is 0.334 e. The van der Waals surface area contributed by atoms with E-state index in [-0.39, 0.29) is 6.04 Å². The monoisotopic (exact) mass is 673 g/mol. The number of allylic oxidation sites excluding steroid dienone is 6. The van der Waals surface area contributed by atoms with Gasteiger partial charge in [0.2, 0.25) is 0 Å². The molecule has 8 rings (SSSR count). The molecule has 52 heavy (non-hydrogen) atoms. The van der Waals surface area contributed by atoms with Crippen molar-refractivity contribution >= 4 is 11.4 Å². The van der Waals surface area contributed by atoms with E-state index in [9.17, 15) is 0 Å². The van der Waals surface area contributed by atoms with Gasteiger partial charge in [-0.05, 0) is 108 Å². The van der Waals surface area contributed by atoms with Crippen molar-refractivity contribution < 1.29 is 0 Å². The first-order valence-corrected chi connectivity index (χ1v) is 18.5. The minimum atomic E-state index is 0.233. The third kappa shape index (κ3) is 8.01. The lowest BCUT2D eigenvalue weighted by Gasteiger charge is -2.34. The van der Waals surface area contributed by atoms with Crippen molar-refractivity contribution in [2.75, 3.05) is 4.90 Å². The predicted octanol–water partition coefficient (Wildman–Crippen LogP) is 13.8. The van der Waals surface area contributed by atoms with Gasteiger partial charge >= 0.3 is 0 Å². The summed E-state index contributed by atoms with van der Waals surface area (Å²) in [5.41, 5.74) is 15.3. The van der Waals surface area contributed by atoms with Crippen molar-refractivity contribution in [1.82, 2.24) is 0 Å². The molecule has 0 aliphatic heterocycles. The van der Waals surface area contributed by atoms with E-state index >= 15 is 0 Å². The Morgan fingerprint density at radius 2 is 1.08 bits per heavy atom. The molecule has 0 spiro atoms. The number of anilines is 2. The Morgan fingerprint density at radius 3 is 1.67 bits per heavy atom. The molecule has 0 saturated heterocycles. The van der Waals surface area contributed by atoms with E-state index in [1.54, 1.807) is 0 Å². The molecule has 2 aliphatic rings. The summed E-state index contributed by atoms with van der Waals surface area (Å²) in [6, 6.07) is 54.7. The molecule has 0 bridgehead atoms. The zero-order valence-electron chi connectivity index (χ0n) is 30.5. The second kappa shape index (κ2) is 16.4. The minimum absolute atomic E-state index is 0.233. The maximum absolute atomic E-state index is 2.50. The molecular weight excluding hydrogens is 627 g/mol. The van der Waals surface area contributed by atoms with Crippen LogP contribution in [-0.4, -0.2) is 6.04 Å². The van der Waals surface area contributed by atoms with Crippen LogP contribution in [0, 0.1) is 26.7 Å². The lowest BCUT2D eigenvalue weighted by molar-refractivity contribution is 0.731. The van der Waals surface area contributed by atoms with E-state index < -0.39 is 0 Å². The molecule has 0 aromatic heterocycles. The highest BCUT2D eigenvalue weighted by atomic mass is 15.2. The Hall–Kier alpha value is -5.92. The first-order chi connectivity index (χ1) is 25.5. The van der Waals surface area contributed by atoms with E-state index in [1.807, 2.05) is 18.2 Å². The van der Waals surface area contributed by atoms with Crippen LogP contribution in [0.2, 0.25) is 0 Å². The third-order valence-corrected chi connectivity index (χ3v) is 10.3. The van der Waals surface area contributed by atoms with Gasteiger partial charge in [0.05, 0.1) is 6.04 Å². The van der Waals surface area contributed by atoms with Gasteiger partial charge < -0.3 is 4.90 Å². The summed E-state index contributed by atoms with van der Waals surface area (Å²) in [5.74, 6) is 0.476. The molecule has 0 heterocycles. The molecule has 0 fully saturated rings. The minimum Gasteiger partial charge on any atom is -0.334 e. The van der Waals surface area contributed by atoms with E-state index in [1.165, 1.54) is 67.0 Å². The van der Waals surface area contributed by atoms with Crippen LogP contribution in [0.4, 0.5) is 11.4 Å². The fraction of sp³-hybridized carbons (Fsp3) is 0.137. The molecule has 6 aromatic rings. The summed E-state index contributed by atoms with van der Waals surface area (Å²) in [4.78, 5) is 2.50. The Labute approximate surface area is 310 Å². The second-order valence-corrected chi connectivity index (χ2v) is 13.8. The Kier molecular flexibility index (Phi) is 10.9. The molecule has 0 saturated carbocycles. The quantitative estimate of drug-likeness (QED) is 0.163. The lowest BCUT2D eigenvalue weighted by Crippen LogP contribution is -2.30. The van der Waals surface area contributed by atoms with Crippen molar-refractivity contribution in [1.29, 1.82) is 0 Å². The molecule has 2 unspecified atom stereocenters. The topological polar surface area (TPSA) is 3.24 Å². The van der Waals surface area contributed by atoms with E-state index in [0.717, 1.165) is 12.8 Å². The number of benzene rings is 6. The van der Waals surface area contributed by atoms with Crippen LogP contribution >= 0.6 is 0 Å². The van der Waals surface area contributed by atoms with Gasteiger partial charge in [0.1, 0.15) is 0 Å². The average molecular weight is 674 g/mol. The van der Waals surface area contributed by atoms with Crippen molar-refractivity contribution in [2.24, 2.45) is 5.92 Å². The maximum atomic E-state index is 2.50. The van der Waals surface area contributed by atoms with Crippen LogP contribution in [0.15, 0.2) is 200 Å². The molecule has 0 N–H and O–H groups in total. The van der Waals surface area contributed by atoms with Crippen LogP contribution in [-0.2, 0) is 0 Å². The van der Waals surface area contributed by atoms with Crippen molar-refractivity contribution in [2.45, 2.75) is 39.7 Å². The van der Waals surface area contributed by atoms with Crippen LogP contribution in [0.1, 0.15) is 29.5 Å². The molecule has 6 aromatic carbocycles. The molecule has 0 radical (unpaired) electrons. The van der Waals surface area contributed by atoms with Gasteiger partial charge in [-0.15, -0.1) is 0 Å². The molecule has 2 atom stereocenters. The SMILES string of the molecule is Cc1ccccc1.Cc1ccccc1-c1cccc(-c2ccc(N(c3ccc(-c4ccccc4)cc3)C3C=CC(C4C=CC=CC4)=CC3)cc2)c1C. The molecule has 256 valence electrons. The van der Waals surface area contributed by atoms with Crippen LogP contribution in [0.5, 0.6) is 0 Å². The van der Waals surface area contributed by atoms with Gasteiger partial charge in [0.25, 0.3) is 0 Å². The van der Waals surface area contributed by atoms with E-state index in [4.69, 9.17) is 0 Å². The zero-order chi connectivity index (χ0) is 35.7.